The summed E-state index contributed by atoms with van der Waals surface area (Å²) in [5.41, 5.74) is 7.12. The minimum Gasteiger partial charge on any atom is -0.398 e. The van der Waals surface area contributed by atoms with E-state index >= 15 is 0 Å². The molecule has 0 saturated heterocycles. The predicted molar refractivity (Wildman–Crippen MR) is 80.5 cm³/mol. The molecule has 2 aromatic rings. The Morgan fingerprint density at radius 2 is 1.81 bits per heavy atom. The number of rotatable bonds is 3. The topological polar surface area (TPSA) is 72.2 Å². The molecule has 4 nitrogen and oxygen atoms in total. The molecular weight excluding hydrogens is 366 g/mol. The molecule has 0 aliphatic carbocycles. The molecule has 0 bridgehead atoms. The van der Waals surface area contributed by atoms with E-state index in [4.69, 9.17) is 5.73 Å². The Kier molecular flexibility index (Phi) is 4.20. The molecule has 112 valence electrons. The minimum atomic E-state index is -4.05. The molecule has 3 N–H and O–H groups in total. The summed E-state index contributed by atoms with van der Waals surface area (Å²) in [6, 6.07) is 5.44. The van der Waals surface area contributed by atoms with Crippen molar-refractivity contribution in [2.24, 2.45) is 0 Å². The molecule has 0 atom stereocenters. The van der Waals surface area contributed by atoms with Crippen LogP contribution in [0.1, 0.15) is 5.56 Å². The van der Waals surface area contributed by atoms with Gasteiger partial charge in [-0.05, 0) is 58.7 Å². The second-order valence-corrected chi connectivity index (χ2v) is 6.91. The first-order valence-electron chi connectivity index (χ1n) is 5.74. The number of sulfonamides is 1. The first-order valence-corrected chi connectivity index (χ1v) is 8.02. The van der Waals surface area contributed by atoms with Crippen LogP contribution in [0.2, 0.25) is 0 Å². The average molecular weight is 377 g/mol. The Balaban J connectivity index is 2.42. The fourth-order valence-corrected chi connectivity index (χ4v) is 3.39. The molecule has 0 aromatic heterocycles. The van der Waals surface area contributed by atoms with Gasteiger partial charge in [0.2, 0.25) is 0 Å². The summed E-state index contributed by atoms with van der Waals surface area (Å²) in [4.78, 5) is -0.382. The maximum absolute atomic E-state index is 13.1. The van der Waals surface area contributed by atoms with Gasteiger partial charge in [0, 0.05) is 10.2 Å². The third-order valence-corrected chi connectivity index (χ3v) is 4.82. The number of nitrogens with two attached hydrogens (primary N) is 1. The van der Waals surface area contributed by atoms with E-state index in [9.17, 15) is 17.2 Å². The van der Waals surface area contributed by atoms with Crippen molar-refractivity contribution >= 4 is 37.3 Å². The van der Waals surface area contributed by atoms with Gasteiger partial charge in [-0.15, -0.1) is 0 Å². The van der Waals surface area contributed by atoms with Crippen molar-refractivity contribution in [1.29, 1.82) is 0 Å². The summed E-state index contributed by atoms with van der Waals surface area (Å²) in [6.07, 6.45) is 0. The van der Waals surface area contributed by atoms with Gasteiger partial charge in [-0.2, -0.15) is 0 Å². The van der Waals surface area contributed by atoms with Gasteiger partial charge in [0.1, 0.15) is 0 Å². The van der Waals surface area contributed by atoms with Gasteiger partial charge in [-0.25, -0.2) is 17.2 Å². The maximum atomic E-state index is 13.1. The standard InChI is InChI=1S/C13H11BrF2N2O2S/c1-7-4-9(14)13(6-12(7)17)18-21(19,20)8-2-3-10(15)11(16)5-8/h2-6,18H,17H2,1H3. The van der Waals surface area contributed by atoms with E-state index in [-0.39, 0.29) is 10.6 Å². The molecule has 0 radical (unpaired) electrons. The Morgan fingerprint density at radius 3 is 2.43 bits per heavy atom. The second-order valence-electron chi connectivity index (χ2n) is 4.37. The third kappa shape index (κ3) is 3.33. The predicted octanol–water partition coefficient (Wildman–Crippen LogP) is 3.42. The molecule has 0 heterocycles. The largest absolute Gasteiger partial charge is 0.398 e. The van der Waals surface area contributed by atoms with Crippen LogP contribution in [0.15, 0.2) is 39.7 Å². The molecule has 0 amide bonds. The van der Waals surface area contributed by atoms with Gasteiger partial charge in [-0.1, -0.05) is 0 Å². The van der Waals surface area contributed by atoms with Crippen molar-refractivity contribution in [1.82, 2.24) is 0 Å². The molecule has 21 heavy (non-hydrogen) atoms. The molecule has 0 aliphatic rings. The van der Waals surface area contributed by atoms with Crippen LogP contribution in [0, 0.1) is 18.6 Å². The number of hydrogen-bond acceptors (Lipinski definition) is 3. The van der Waals surface area contributed by atoms with E-state index in [0.29, 0.717) is 16.2 Å². The average Bonchev–Trinajstić information content (AvgIpc) is 2.39. The molecule has 8 heteroatoms. The molecule has 0 fully saturated rings. The van der Waals surface area contributed by atoms with E-state index in [2.05, 4.69) is 20.7 Å². The summed E-state index contributed by atoms with van der Waals surface area (Å²) in [5, 5.41) is 0. The Morgan fingerprint density at radius 1 is 1.14 bits per heavy atom. The minimum absolute atomic E-state index is 0.211. The first kappa shape index (κ1) is 15.7. The van der Waals surface area contributed by atoms with Gasteiger partial charge in [0.25, 0.3) is 10.0 Å². The molecule has 2 aromatic carbocycles. The van der Waals surface area contributed by atoms with E-state index in [1.165, 1.54) is 6.07 Å². The lowest BCUT2D eigenvalue weighted by molar-refractivity contribution is 0.504. The zero-order chi connectivity index (χ0) is 15.8. The normalized spacial score (nSPS) is 11.4. The maximum Gasteiger partial charge on any atom is 0.262 e. The lowest BCUT2D eigenvalue weighted by Gasteiger charge is -2.12. The number of nitrogens with one attached hydrogen (secondary N) is 1. The summed E-state index contributed by atoms with van der Waals surface area (Å²) in [6.45, 7) is 1.77. The van der Waals surface area contributed by atoms with Gasteiger partial charge in [-0.3, -0.25) is 4.72 Å². The number of aryl methyl sites for hydroxylation is 1. The zero-order valence-electron chi connectivity index (χ0n) is 10.8. The molecular formula is C13H11BrF2N2O2S. The smallest absolute Gasteiger partial charge is 0.262 e. The summed E-state index contributed by atoms with van der Waals surface area (Å²) in [5.74, 6) is -2.35. The summed E-state index contributed by atoms with van der Waals surface area (Å²) in [7, 11) is -4.05. The van der Waals surface area contributed by atoms with E-state index in [1.807, 2.05) is 0 Å². The lowest BCUT2D eigenvalue weighted by Crippen LogP contribution is -2.14. The van der Waals surface area contributed by atoms with Crippen molar-refractivity contribution in [3.05, 3.63) is 52.0 Å². The monoisotopic (exact) mass is 376 g/mol. The number of benzene rings is 2. The SMILES string of the molecule is Cc1cc(Br)c(NS(=O)(=O)c2ccc(F)c(F)c2)cc1N. The fraction of sp³-hybridized carbons (Fsp3) is 0.0769. The van der Waals surface area contributed by atoms with Crippen LogP contribution in [0.4, 0.5) is 20.2 Å². The Hall–Kier alpha value is -1.67. The van der Waals surface area contributed by atoms with Gasteiger partial charge in [0.05, 0.1) is 10.6 Å². The van der Waals surface area contributed by atoms with Gasteiger partial charge in [0.15, 0.2) is 11.6 Å². The number of hydrogen-bond donors (Lipinski definition) is 2. The van der Waals surface area contributed by atoms with Crippen molar-refractivity contribution in [3.8, 4) is 0 Å². The second kappa shape index (κ2) is 5.61. The van der Waals surface area contributed by atoms with Crippen LogP contribution in [-0.4, -0.2) is 8.42 Å². The van der Waals surface area contributed by atoms with Crippen LogP contribution in [-0.2, 0) is 10.0 Å². The van der Waals surface area contributed by atoms with Gasteiger partial charge >= 0.3 is 0 Å². The Labute approximate surface area is 129 Å². The molecule has 0 spiro atoms. The highest BCUT2D eigenvalue weighted by atomic mass is 79.9. The van der Waals surface area contributed by atoms with Crippen molar-refractivity contribution in [2.75, 3.05) is 10.5 Å². The highest BCUT2D eigenvalue weighted by molar-refractivity contribution is 9.10. The Bertz CT molecular complexity index is 810. The van der Waals surface area contributed by atoms with E-state index in [0.717, 1.165) is 17.7 Å². The fourth-order valence-electron chi connectivity index (χ4n) is 1.62. The van der Waals surface area contributed by atoms with Crippen LogP contribution in [0.3, 0.4) is 0 Å². The van der Waals surface area contributed by atoms with Crippen molar-refractivity contribution in [2.45, 2.75) is 11.8 Å². The van der Waals surface area contributed by atoms with Crippen LogP contribution in [0.5, 0.6) is 0 Å². The van der Waals surface area contributed by atoms with E-state index in [1.54, 1.807) is 13.0 Å². The van der Waals surface area contributed by atoms with Crippen LogP contribution in [0.25, 0.3) is 0 Å². The molecule has 0 saturated carbocycles. The lowest BCUT2D eigenvalue weighted by atomic mass is 10.2. The first-order chi connectivity index (χ1) is 9.70. The third-order valence-electron chi connectivity index (χ3n) is 2.80. The summed E-state index contributed by atoms with van der Waals surface area (Å²) >= 11 is 3.22. The number of nitrogen functional groups attached to an aromatic ring is 1. The molecule has 0 unspecified atom stereocenters. The highest BCUT2D eigenvalue weighted by Gasteiger charge is 2.18. The number of anilines is 2. The van der Waals surface area contributed by atoms with Crippen molar-refractivity contribution < 1.29 is 17.2 Å². The molecule has 0 aliphatic heterocycles. The van der Waals surface area contributed by atoms with Crippen LogP contribution >= 0.6 is 15.9 Å². The van der Waals surface area contributed by atoms with Crippen molar-refractivity contribution in [3.63, 3.8) is 0 Å². The van der Waals surface area contributed by atoms with E-state index < -0.39 is 21.7 Å². The summed E-state index contributed by atoms with van der Waals surface area (Å²) < 4.78 is 53.1. The highest BCUT2D eigenvalue weighted by Crippen LogP contribution is 2.29. The number of halogens is 3. The molecule has 2 rings (SSSR count). The quantitative estimate of drug-likeness (QED) is 0.806. The van der Waals surface area contributed by atoms with Crippen LogP contribution < -0.4 is 10.5 Å². The zero-order valence-corrected chi connectivity index (χ0v) is 13.2. The van der Waals surface area contributed by atoms with Gasteiger partial charge < -0.3 is 5.73 Å².